The third kappa shape index (κ3) is 4.98. The molecule has 0 saturated heterocycles. The maximum absolute atomic E-state index is 5.63. The molecule has 2 atom stereocenters. The molecule has 1 aliphatic carbocycles. The van der Waals surface area contributed by atoms with Gasteiger partial charge in [-0.25, -0.2) is 0 Å². The third-order valence-electron chi connectivity index (χ3n) is 3.26. The summed E-state index contributed by atoms with van der Waals surface area (Å²) in [4.78, 5) is 0. The van der Waals surface area contributed by atoms with E-state index in [0.29, 0.717) is 6.10 Å². The van der Waals surface area contributed by atoms with Crippen molar-refractivity contribution in [3.05, 3.63) is 0 Å². The summed E-state index contributed by atoms with van der Waals surface area (Å²) in [6, 6.07) is 0.765. The molecule has 1 aliphatic rings. The van der Waals surface area contributed by atoms with Gasteiger partial charge < -0.3 is 10.1 Å². The van der Waals surface area contributed by atoms with Gasteiger partial charge in [-0.05, 0) is 52.0 Å². The summed E-state index contributed by atoms with van der Waals surface area (Å²) in [5.74, 6) is 0.857. The van der Waals surface area contributed by atoms with Crippen LogP contribution in [0, 0.1) is 5.92 Å². The Hall–Kier alpha value is -0.0800. The Morgan fingerprint density at radius 1 is 1.33 bits per heavy atom. The molecule has 0 aromatic rings. The number of hydrogen-bond donors (Lipinski definition) is 1. The second kappa shape index (κ2) is 7.24. The van der Waals surface area contributed by atoms with Crippen molar-refractivity contribution in [1.82, 2.24) is 5.32 Å². The Labute approximate surface area is 94.8 Å². The third-order valence-corrected chi connectivity index (χ3v) is 3.26. The van der Waals surface area contributed by atoms with Crippen LogP contribution in [0.1, 0.15) is 52.9 Å². The van der Waals surface area contributed by atoms with Crippen LogP contribution in [-0.2, 0) is 4.74 Å². The van der Waals surface area contributed by atoms with Crippen molar-refractivity contribution in [1.29, 1.82) is 0 Å². The number of rotatable bonds is 7. The number of nitrogens with one attached hydrogen (secondary N) is 1. The first kappa shape index (κ1) is 13.0. The van der Waals surface area contributed by atoms with Gasteiger partial charge in [-0.15, -0.1) is 0 Å². The van der Waals surface area contributed by atoms with Crippen LogP contribution in [-0.4, -0.2) is 25.3 Å². The molecule has 0 radical (unpaired) electrons. The minimum atomic E-state index is 0.383. The van der Waals surface area contributed by atoms with Gasteiger partial charge >= 0.3 is 0 Å². The van der Waals surface area contributed by atoms with E-state index in [0.717, 1.165) is 18.6 Å². The van der Waals surface area contributed by atoms with Crippen LogP contribution >= 0.6 is 0 Å². The van der Waals surface area contributed by atoms with E-state index in [4.69, 9.17) is 4.74 Å². The Kier molecular flexibility index (Phi) is 6.26. The van der Waals surface area contributed by atoms with E-state index in [1.165, 1.54) is 38.6 Å². The van der Waals surface area contributed by atoms with Crippen LogP contribution in [0.4, 0.5) is 0 Å². The summed E-state index contributed by atoms with van der Waals surface area (Å²) in [6.45, 7) is 8.57. The Morgan fingerprint density at radius 3 is 2.80 bits per heavy atom. The molecular weight excluding hydrogens is 186 g/mol. The largest absolute Gasteiger partial charge is 0.379 e. The van der Waals surface area contributed by atoms with E-state index in [1.807, 2.05) is 0 Å². The minimum absolute atomic E-state index is 0.383. The van der Waals surface area contributed by atoms with Gasteiger partial charge in [0, 0.05) is 12.6 Å². The highest BCUT2D eigenvalue weighted by molar-refractivity contribution is 4.82. The molecule has 1 N–H and O–H groups in total. The maximum atomic E-state index is 5.63. The van der Waals surface area contributed by atoms with Crippen molar-refractivity contribution in [2.75, 3.05) is 13.2 Å². The van der Waals surface area contributed by atoms with Gasteiger partial charge in [0.05, 0.1) is 6.10 Å². The van der Waals surface area contributed by atoms with E-state index in [1.54, 1.807) is 0 Å². The second-order valence-electron chi connectivity index (χ2n) is 4.96. The fourth-order valence-electron chi connectivity index (χ4n) is 2.44. The van der Waals surface area contributed by atoms with Gasteiger partial charge in [0.2, 0.25) is 0 Å². The molecule has 0 aromatic heterocycles. The first-order valence-corrected chi connectivity index (χ1v) is 6.59. The molecule has 0 aromatic carbocycles. The molecule has 0 spiro atoms. The second-order valence-corrected chi connectivity index (χ2v) is 4.96. The zero-order valence-corrected chi connectivity index (χ0v) is 10.6. The predicted octanol–water partition coefficient (Wildman–Crippen LogP) is 2.97. The first-order valence-electron chi connectivity index (χ1n) is 6.59. The molecule has 1 saturated carbocycles. The topological polar surface area (TPSA) is 21.3 Å². The van der Waals surface area contributed by atoms with Crippen LogP contribution in [0.2, 0.25) is 0 Å². The molecule has 0 heterocycles. The fraction of sp³-hybridized carbons (Fsp3) is 1.00. The average molecular weight is 213 g/mol. The van der Waals surface area contributed by atoms with Crippen molar-refractivity contribution >= 4 is 0 Å². The lowest BCUT2D eigenvalue weighted by molar-refractivity contribution is 0.0665. The van der Waals surface area contributed by atoms with Crippen LogP contribution in [0.5, 0.6) is 0 Å². The highest BCUT2D eigenvalue weighted by Gasteiger charge is 2.25. The van der Waals surface area contributed by atoms with Crippen LogP contribution in [0.3, 0.4) is 0 Å². The van der Waals surface area contributed by atoms with Gasteiger partial charge in [-0.3, -0.25) is 0 Å². The number of hydrogen-bond acceptors (Lipinski definition) is 2. The molecule has 1 rings (SSSR count). The predicted molar refractivity (Wildman–Crippen MR) is 65.1 cm³/mol. The summed E-state index contributed by atoms with van der Waals surface area (Å²) in [5.41, 5.74) is 0. The van der Waals surface area contributed by atoms with Crippen LogP contribution < -0.4 is 5.32 Å². The molecule has 2 heteroatoms. The molecular formula is C13H27NO. The van der Waals surface area contributed by atoms with E-state index >= 15 is 0 Å². The average Bonchev–Trinajstić information content (AvgIpc) is 2.62. The summed E-state index contributed by atoms with van der Waals surface area (Å²) in [7, 11) is 0. The normalized spacial score (nSPS) is 26.4. The zero-order chi connectivity index (χ0) is 11.1. The van der Waals surface area contributed by atoms with E-state index in [2.05, 4.69) is 26.1 Å². The minimum Gasteiger partial charge on any atom is -0.379 e. The van der Waals surface area contributed by atoms with Crippen molar-refractivity contribution in [2.24, 2.45) is 5.92 Å². The summed E-state index contributed by atoms with van der Waals surface area (Å²) in [5, 5.41) is 3.66. The lowest BCUT2D eigenvalue weighted by atomic mass is 10.00. The molecule has 0 aliphatic heterocycles. The lowest BCUT2D eigenvalue weighted by Crippen LogP contribution is -2.33. The molecule has 1 fully saturated rings. The van der Waals surface area contributed by atoms with E-state index in [9.17, 15) is 0 Å². The first-order chi connectivity index (χ1) is 7.24. The van der Waals surface area contributed by atoms with Crippen molar-refractivity contribution in [2.45, 2.75) is 65.0 Å². The van der Waals surface area contributed by atoms with Crippen molar-refractivity contribution in [3.8, 4) is 0 Å². The van der Waals surface area contributed by atoms with E-state index < -0.39 is 0 Å². The fourth-order valence-corrected chi connectivity index (χ4v) is 2.44. The lowest BCUT2D eigenvalue weighted by Gasteiger charge is -2.21. The highest BCUT2D eigenvalue weighted by Crippen LogP contribution is 2.28. The summed E-state index contributed by atoms with van der Waals surface area (Å²) < 4.78 is 5.63. The van der Waals surface area contributed by atoms with Crippen LogP contribution in [0.25, 0.3) is 0 Å². The summed E-state index contributed by atoms with van der Waals surface area (Å²) in [6.07, 6.45) is 7.02. The highest BCUT2D eigenvalue weighted by atomic mass is 16.5. The smallest absolute Gasteiger partial charge is 0.0518 e. The van der Waals surface area contributed by atoms with Gasteiger partial charge in [0.1, 0.15) is 0 Å². The molecule has 90 valence electrons. The van der Waals surface area contributed by atoms with Crippen molar-refractivity contribution in [3.63, 3.8) is 0 Å². The Morgan fingerprint density at radius 2 is 2.13 bits per heavy atom. The molecule has 0 amide bonds. The summed E-state index contributed by atoms with van der Waals surface area (Å²) >= 11 is 0. The molecule has 2 unspecified atom stereocenters. The molecule has 0 bridgehead atoms. The maximum Gasteiger partial charge on any atom is 0.0518 e. The Bertz CT molecular complexity index is 159. The SMILES string of the molecule is CCCNC1CCCC1CCOC(C)C. The van der Waals surface area contributed by atoms with Crippen LogP contribution in [0.15, 0.2) is 0 Å². The van der Waals surface area contributed by atoms with Gasteiger partial charge in [-0.1, -0.05) is 13.3 Å². The zero-order valence-electron chi connectivity index (χ0n) is 10.6. The van der Waals surface area contributed by atoms with Gasteiger partial charge in [0.15, 0.2) is 0 Å². The van der Waals surface area contributed by atoms with E-state index in [-0.39, 0.29) is 0 Å². The quantitative estimate of drug-likeness (QED) is 0.702. The number of ether oxygens (including phenoxy) is 1. The molecule has 2 nitrogen and oxygen atoms in total. The van der Waals surface area contributed by atoms with Gasteiger partial charge in [-0.2, -0.15) is 0 Å². The van der Waals surface area contributed by atoms with Crippen molar-refractivity contribution < 1.29 is 4.74 Å². The van der Waals surface area contributed by atoms with Gasteiger partial charge in [0.25, 0.3) is 0 Å². The molecule has 15 heavy (non-hydrogen) atoms. The standard InChI is InChI=1S/C13H27NO/c1-4-9-14-13-7-5-6-12(13)8-10-15-11(2)3/h11-14H,4-10H2,1-3H3. The monoisotopic (exact) mass is 213 g/mol. The Balaban J connectivity index is 2.15.